The summed E-state index contributed by atoms with van der Waals surface area (Å²) in [7, 11) is -3.67. The summed E-state index contributed by atoms with van der Waals surface area (Å²) in [6.07, 6.45) is 1.58. The third-order valence-corrected chi connectivity index (χ3v) is 7.88. The van der Waals surface area contributed by atoms with Crippen LogP contribution in [0.1, 0.15) is 30.9 Å². The van der Waals surface area contributed by atoms with Crippen LogP contribution in [0.3, 0.4) is 0 Å². The predicted octanol–water partition coefficient (Wildman–Crippen LogP) is 3.88. The van der Waals surface area contributed by atoms with Gasteiger partial charge in [-0.3, -0.25) is 13.9 Å². The Morgan fingerprint density at radius 2 is 1.68 bits per heavy atom. The van der Waals surface area contributed by atoms with Gasteiger partial charge in [0.25, 0.3) is 0 Å². The van der Waals surface area contributed by atoms with Crippen LogP contribution in [0.5, 0.6) is 11.5 Å². The Morgan fingerprint density at radius 3 is 2.37 bits per heavy atom. The molecule has 1 aliphatic heterocycles. The van der Waals surface area contributed by atoms with E-state index in [4.69, 9.17) is 9.47 Å². The number of amides is 2. The SMILES string of the molecule is CCNC(=O)[C@@H](Cc1ccccc1)N(Cc1ccc(F)cc1)C(=O)CCCN(c1ccc2c(c1)OCO2)S(C)(=O)=O. The molecule has 3 aromatic rings. The van der Waals surface area contributed by atoms with Crippen molar-refractivity contribution in [2.75, 3.05) is 30.4 Å². The van der Waals surface area contributed by atoms with Gasteiger partial charge in [-0.2, -0.15) is 0 Å². The van der Waals surface area contributed by atoms with Crippen LogP contribution >= 0.6 is 0 Å². The van der Waals surface area contributed by atoms with Gasteiger partial charge in [0.15, 0.2) is 11.5 Å². The van der Waals surface area contributed by atoms with E-state index in [1.165, 1.54) is 21.3 Å². The smallest absolute Gasteiger partial charge is 0.243 e. The topological polar surface area (TPSA) is 105 Å². The van der Waals surface area contributed by atoms with E-state index < -0.39 is 21.9 Å². The molecule has 0 bridgehead atoms. The average molecular weight is 584 g/mol. The van der Waals surface area contributed by atoms with Crippen molar-refractivity contribution in [1.82, 2.24) is 10.2 Å². The van der Waals surface area contributed by atoms with Gasteiger partial charge in [-0.25, -0.2) is 12.8 Å². The molecule has 0 saturated heterocycles. The maximum Gasteiger partial charge on any atom is 0.243 e. The minimum atomic E-state index is -3.67. The van der Waals surface area contributed by atoms with Crippen molar-refractivity contribution in [3.8, 4) is 11.5 Å². The minimum Gasteiger partial charge on any atom is -0.454 e. The Bertz CT molecular complexity index is 1450. The number of fused-ring (bicyclic) bond motifs is 1. The Morgan fingerprint density at radius 1 is 0.976 bits per heavy atom. The fourth-order valence-corrected chi connectivity index (χ4v) is 5.63. The number of nitrogens with one attached hydrogen (secondary N) is 1. The number of ether oxygens (including phenoxy) is 2. The molecule has 1 heterocycles. The first kappa shape index (κ1) is 29.9. The first-order valence-electron chi connectivity index (χ1n) is 13.4. The van der Waals surface area contributed by atoms with Crippen molar-refractivity contribution >= 4 is 27.5 Å². The summed E-state index contributed by atoms with van der Waals surface area (Å²) in [6, 6.07) is 19.2. The number of hydrogen-bond donors (Lipinski definition) is 1. The van der Waals surface area contributed by atoms with E-state index in [1.807, 2.05) is 30.3 Å². The largest absolute Gasteiger partial charge is 0.454 e. The van der Waals surface area contributed by atoms with Gasteiger partial charge in [-0.05, 0) is 48.7 Å². The number of sulfonamides is 1. The summed E-state index contributed by atoms with van der Waals surface area (Å²) in [5.74, 6) is -0.0434. The van der Waals surface area contributed by atoms with Crippen LogP contribution < -0.4 is 19.1 Å². The Labute approximate surface area is 239 Å². The van der Waals surface area contributed by atoms with Crippen LogP contribution in [0.25, 0.3) is 0 Å². The third kappa shape index (κ3) is 7.97. The van der Waals surface area contributed by atoms with Gasteiger partial charge in [0, 0.05) is 38.5 Å². The molecule has 1 aliphatic rings. The fourth-order valence-electron chi connectivity index (χ4n) is 4.68. The zero-order chi connectivity index (χ0) is 29.4. The first-order chi connectivity index (χ1) is 19.7. The number of benzene rings is 3. The molecule has 11 heteroatoms. The van der Waals surface area contributed by atoms with E-state index in [1.54, 1.807) is 37.3 Å². The van der Waals surface area contributed by atoms with Crippen LogP contribution in [-0.4, -0.2) is 57.3 Å². The monoisotopic (exact) mass is 583 g/mol. The van der Waals surface area contributed by atoms with Crippen molar-refractivity contribution in [2.45, 2.75) is 38.8 Å². The second kappa shape index (κ2) is 13.5. The lowest BCUT2D eigenvalue weighted by molar-refractivity contribution is -0.141. The summed E-state index contributed by atoms with van der Waals surface area (Å²) in [5.41, 5.74) is 1.95. The molecular formula is C30H34FN3O6S. The van der Waals surface area contributed by atoms with Crippen molar-refractivity contribution in [3.63, 3.8) is 0 Å². The molecule has 0 aliphatic carbocycles. The molecular weight excluding hydrogens is 549 g/mol. The number of hydrogen-bond acceptors (Lipinski definition) is 6. The summed E-state index contributed by atoms with van der Waals surface area (Å²) in [6.45, 7) is 2.39. The van der Waals surface area contributed by atoms with E-state index >= 15 is 0 Å². The average Bonchev–Trinajstić information content (AvgIpc) is 3.42. The normalized spacial score (nSPS) is 13.0. The molecule has 2 amide bonds. The standard InChI is InChI=1S/C30H34FN3O6S/c1-3-32-30(36)26(18-22-8-5-4-6-9-22)33(20-23-11-13-24(31)14-12-23)29(35)10-7-17-34(41(2,37)38)25-15-16-27-28(19-25)40-21-39-27/h4-6,8-9,11-16,19,26H,3,7,10,17-18,20-21H2,1-2H3,(H,32,36)/t26-/m1/s1. The van der Waals surface area contributed by atoms with Crippen LogP contribution in [0.4, 0.5) is 10.1 Å². The van der Waals surface area contributed by atoms with E-state index in [0.717, 1.165) is 11.8 Å². The molecule has 0 saturated carbocycles. The van der Waals surface area contributed by atoms with Gasteiger partial charge in [0.05, 0.1) is 11.9 Å². The van der Waals surface area contributed by atoms with Gasteiger partial charge < -0.3 is 19.7 Å². The quantitative estimate of drug-likeness (QED) is 0.328. The van der Waals surface area contributed by atoms with E-state index in [2.05, 4.69) is 5.32 Å². The molecule has 41 heavy (non-hydrogen) atoms. The number of nitrogens with zero attached hydrogens (tertiary/aromatic N) is 2. The lowest BCUT2D eigenvalue weighted by Gasteiger charge is -2.32. The van der Waals surface area contributed by atoms with Gasteiger partial charge in [0.2, 0.25) is 28.6 Å². The van der Waals surface area contributed by atoms with Gasteiger partial charge in [0.1, 0.15) is 11.9 Å². The first-order valence-corrected chi connectivity index (χ1v) is 15.2. The highest BCUT2D eigenvalue weighted by atomic mass is 32.2. The zero-order valence-electron chi connectivity index (χ0n) is 23.1. The zero-order valence-corrected chi connectivity index (χ0v) is 23.9. The number of carbonyl (C=O) groups excluding carboxylic acids is 2. The summed E-state index contributed by atoms with van der Waals surface area (Å²) in [4.78, 5) is 28.5. The van der Waals surface area contributed by atoms with Crippen molar-refractivity contribution in [2.24, 2.45) is 0 Å². The van der Waals surface area contributed by atoms with Crippen LogP contribution in [-0.2, 0) is 32.6 Å². The van der Waals surface area contributed by atoms with Crippen molar-refractivity contribution in [3.05, 3.63) is 89.7 Å². The van der Waals surface area contributed by atoms with E-state index in [-0.39, 0.29) is 51.0 Å². The highest BCUT2D eigenvalue weighted by Crippen LogP contribution is 2.36. The molecule has 9 nitrogen and oxygen atoms in total. The molecule has 1 N–H and O–H groups in total. The lowest BCUT2D eigenvalue weighted by atomic mass is 10.0. The Hall–Kier alpha value is -4.12. The summed E-state index contributed by atoms with van der Waals surface area (Å²) < 4.78 is 50.8. The number of halogens is 1. The number of carbonyl (C=O) groups is 2. The molecule has 0 fully saturated rings. The van der Waals surface area contributed by atoms with Gasteiger partial charge in [-0.15, -0.1) is 0 Å². The number of rotatable bonds is 13. The maximum atomic E-state index is 13.7. The molecule has 0 aromatic heterocycles. The maximum absolute atomic E-state index is 13.7. The van der Waals surface area contributed by atoms with E-state index in [0.29, 0.717) is 29.3 Å². The van der Waals surface area contributed by atoms with Gasteiger partial charge >= 0.3 is 0 Å². The highest BCUT2D eigenvalue weighted by molar-refractivity contribution is 7.92. The molecule has 0 radical (unpaired) electrons. The second-order valence-corrected chi connectivity index (χ2v) is 11.6. The van der Waals surface area contributed by atoms with E-state index in [9.17, 15) is 22.4 Å². The van der Waals surface area contributed by atoms with Crippen molar-refractivity contribution < 1.29 is 31.9 Å². The van der Waals surface area contributed by atoms with Gasteiger partial charge in [-0.1, -0.05) is 42.5 Å². The molecule has 218 valence electrons. The summed E-state index contributed by atoms with van der Waals surface area (Å²) >= 11 is 0. The molecule has 0 spiro atoms. The number of likely N-dealkylation sites (N-methyl/N-ethyl adjacent to an activating group) is 1. The molecule has 4 rings (SSSR count). The minimum absolute atomic E-state index is 0.0114. The second-order valence-electron chi connectivity index (χ2n) is 9.72. The van der Waals surface area contributed by atoms with Crippen LogP contribution in [0, 0.1) is 5.82 Å². The van der Waals surface area contributed by atoms with Crippen molar-refractivity contribution in [1.29, 1.82) is 0 Å². The predicted molar refractivity (Wildman–Crippen MR) is 154 cm³/mol. The molecule has 0 unspecified atom stereocenters. The van der Waals surface area contributed by atoms with Crippen LogP contribution in [0.15, 0.2) is 72.8 Å². The fraction of sp³-hybridized carbons (Fsp3) is 0.333. The number of anilines is 1. The Balaban J connectivity index is 1.55. The van der Waals surface area contributed by atoms with Crippen LogP contribution in [0.2, 0.25) is 0 Å². The lowest BCUT2D eigenvalue weighted by Crippen LogP contribution is -2.50. The molecule has 1 atom stereocenters. The summed E-state index contributed by atoms with van der Waals surface area (Å²) in [5, 5.41) is 2.83. The Kier molecular flexibility index (Phi) is 9.82. The third-order valence-electron chi connectivity index (χ3n) is 6.68. The highest BCUT2D eigenvalue weighted by Gasteiger charge is 2.30. The molecule has 3 aromatic carbocycles.